The molecule has 124 valence electrons. The lowest BCUT2D eigenvalue weighted by atomic mass is 10.0. The van der Waals surface area contributed by atoms with Crippen molar-refractivity contribution < 1.29 is 9.21 Å². The number of nitrogens with two attached hydrogens (primary N) is 1. The second-order valence-corrected chi connectivity index (χ2v) is 5.82. The molecule has 0 aliphatic carbocycles. The minimum absolute atomic E-state index is 0.396. The topological polar surface area (TPSA) is 92.9 Å². The number of hydrogen-bond donors (Lipinski definition) is 1. The molecule has 2 heterocycles. The Morgan fingerprint density at radius 1 is 1.04 bits per heavy atom. The van der Waals surface area contributed by atoms with Crippen molar-refractivity contribution in [3.63, 3.8) is 0 Å². The summed E-state index contributed by atoms with van der Waals surface area (Å²) in [5, 5.41) is 9.93. The molecule has 4 rings (SSSR count). The van der Waals surface area contributed by atoms with Gasteiger partial charge in [-0.3, -0.25) is 9.78 Å². The number of primary amides is 1. The van der Waals surface area contributed by atoms with Crippen LogP contribution in [0.15, 0.2) is 71.4 Å². The maximum Gasteiger partial charge on any atom is 0.249 e. The molecule has 4 aromatic rings. The Morgan fingerprint density at radius 3 is 2.69 bits per heavy atom. The van der Waals surface area contributed by atoms with Crippen molar-refractivity contribution in [1.82, 2.24) is 4.98 Å². The number of benzene rings is 2. The first-order valence-corrected chi connectivity index (χ1v) is 7.94. The number of carbonyl (C=O) groups excluding carboxylic acids is 1. The van der Waals surface area contributed by atoms with E-state index in [2.05, 4.69) is 11.1 Å². The lowest BCUT2D eigenvalue weighted by Crippen LogP contribution is -2.11. The Bertz CT molecular complexity index is 1190. The molecule has 0 atom stereocenters. The predicted octanol–water partition coefficient (Wildman–Crippen LogP) is 4.13. The second kappa shape index (κ2) is 6.19. The lowest BCUT2D eigenvalue weighted by molar-refractivity contribution is 0.100. The van der Waals surface area contributed by atoms with Gasteiger partial charge in [-0.05, 0) is 29.8 Å². The molecule has 0 radical (unpaired) electrons. The zero-order valence-corrected chi connectivity index (χ0v) is 13.6. The van der Waals surface area contributed by atoms with E-state index >= 15 is 0 Å². The van der Waals surface area contributed by atoms with E-state index in [-0.39, 0.29) is 0 Å². The van der Waals surface area contributed by atoms with Gasteiger partial charge in [0.15, 0.2) is 0 Å². The molecule has 2 aromatic heterocycles. The first kappa shape index (κ1) is 15.6. The van der Waals surface area contributed by atoms with E-state index in [9.17, 15) is 4.79 Å². The van der Waals surface area contributed by atoms with Crippen LogP contribution in [0.5, 0.6) is 0 Å². The van der Waals surface area contributed by atoms with Crippen LogP contribution in [0.25, 0.3) is 33.4 Å². The number of nitriles is 1. The predicted molar refractivity (Wildman–Crippen MR) is 98.1 cm³/mol. The Hall–Kier alpha value is -3.91. The van der Waals surface area contributed by atoms with Crippen molar-refractivity contribution in [2.45, 2.75) is 0 Å². The highest BCUT2D eigenvalue weighted by Gasteiger charge is 2.16. The largest absolute Gasteiger partial charge is 0.455 e. The van der Waals surface area contributed by atoms with E-state index in [1.165, 1.54) is 0 Å². The maximum absolute atomic E-state index is 11.7. The normalized spacial score (nSPS) is 10.6. The summed E-state index contributed by atoms with van der Waals surface area (Å²) in [6.45, 7) is 0. The highest BCUT2D eigenvalue weighted by Crippen LogP contribution is 2.35. The van der Waals surface area contributed by atoms with Gasteiger partial charge in [0.25, 0.3) is 0 Å². The highest BCUT2D eigenvalue weighted by atomic mass is 16.3. The van der Waals surface area contributed by atoms with Crippen molar-refractivity contribution in [3.05, 3.63) is 78.1 Å². The fraction of sp³-hybridized carbons (Fsp3) is 0. The summed E-state index contributed by atoms with van der Waals surface area (Å²) in [5.41, 5.74) is 9.33. The first-order chi connectivity index (χ1) is 12.7. The number of aromatic nitrogens is 1. The first-order valence-electron chi connectivity index (χ1n) is 7.94. The number of nitrogens with zero attached hydrogens (tertiary/aromatic N) is 2. The van der Waals surface area contributed by atoms with Crippen LogP contribution in [-0.2, 0) is 0 Å². The van der Waals surface area contributed by atoms with E-state index in [1.807, 2.05) is 24.3 Å². The van der Waals surface area contributed by atoms with Crippen LogP contribution in [0.2, 0.25) is 0 Å². The van der Waals surface area contributed by atoms with Gasteiger partial charge in [0.2, 0.25) is 5.91 Å². The number of carbonyl (C=O) groups is 1. The van der Waals surface area contributed by atoms with Crippen molar-refractivity contribution in [2.75, 3.05) is 0 Å². The van der Waals surface area contributed by atoms with Crippen molar-refractivity contribution in [1.29, 1.82) is 5.26 Å². The molecule has 5 nitrogen and oxygen atoms in total. The van der Waals surface area contributed by atoms with E-state index in [0.29, 0.717) is 28.0 Å². The summed E-state index contributed by atoms with van der Waals surface area (Å²) in [6.07, 6.45) is 3.40. The van der Waals surface area contributed by atoms with Crippen LogP contribution in [0.3, 0.4) is 0 Å². The number of rotatable bonds is 3. The number of fused-ring (bicyclic) bond motifs is 1. The minimum atomic E-state index is -0.513. The second-order valence-electron chi connectivity index (χ2n) is 5.82. The molecule has 0 bridgehead atoms. The van der Waals surface area contributed by atoms with E-state index in [0.717, 1.165) is 16.5 Å². The smallest absolute Gasteiger partial charge is 0.249 e. The van der Waals surface area contributed by atoms with Crippen LogP contribution < -0.4 is 5.73 Å². The summed E-state index contributed by atoms with van der Waals surface area (Å²) in [6, 6.07) is 18.3. The van der Waals surface area contributed by atoms with Gasteiger partial charge in [-0.15, -0.1) is 0 Å². The molecule has 0 saturated heterocycles. The molecule has 0 aliphatic rings. The van der Waals surface area contributed by atoms with Crippen LogP contribution in [-0.4, -0.2) is 10.9 Å². The van der Waals surface area contributed by atoms with Crippen LogP contribution in [0.1, 0.15) is 15.9 Å². The van der Waals surface area contributed by atoms with Gasteiger partial charge in [-0.1, -0.05) is 30.3 Å². The number of pyridine rings is 1. The monoisotopic (exact) mass is 339 g/mol. The van der Waals surface area contributed by atoms with Gasteiger partial charge in [0.05, 0.1) is 17.2 Å². The number of hydrogen-bond acceptors (Lipinski definition) is 4. The van der Waals surface area contributed by atoms with Gasteiger partial charge in [-0.2, -0.15) is 5.26 Å². The van der Waals surface area contributed by atoms with Gasteiger partial charge >= 0.3 is 0 Å². The van der Waals surface area contributed by atoms with Crippen LogP contribution in [0.4, 0.5) is 0 Å². The average Bonchev–Trinajstić information content (AvgIpc) is 3.12. The molecule has 0 spiro atoms. The molecule has 0 unspecified atom stereocenters. The average molecular weight is 339 g/mol. The summed E-state index contributed by atoms with van der Waals surface area (Å²) in [4.78, 5) is 16.0. The number of amides is 1. The Morgan fingerprint density at radius 2 is 1.88 bits per heavy atom. The third-order valence-corrected chi connectivity index (χ3v) is 4.18. The molecule has 2 aromatic carbocycles. The highest BCUT2D eigenvalue weighted by molar-refractivity contribution is 6.01. The number of furan rings is 1. The van der Waals surface area contributed by atoms with E-state index in [1.54, 1.807) is 42.7 Å². The molecule has 5 heteroatoms. The van der Waals surface area contributed by atoms with Crippen molar-refractivity contribution in [3.8, 4) is 28.5 Å². The van der Waals surface area contributed by atoms with Gasteiger partial charge in [0, 0.05) is 28.9 Å². The summed E-state index contributed by atoms with van der Waals surface area (Å²) in [5.74, 6) is 0.0289. The van der Waals surface area contributed by atoms with Crippen molar-refractivity contribution in [2.24, 2.45) is 5.73 Å². The SMILES string of the molecule is N#Cc1cccc(-c2cncc3cc(-c4ccccc4C(N)=O)oc23)c1. The fourth-order valence-electron chi connectivity index (χ4n) is 2.97. The van der Waals surface area contributed by atoms with Gasteiger partial charge in [0.1, 0.15) is 11.3 Å². The molecule has 1 amide bonds. The Kier molecular flexibility index (Phi) is 3.71. The van der Waals surface area contributed by atoms with Gasteiger partial charge < -0.3 is 10.2 Å². The zero-order valence-electron chi connectivity index (χ0n) is 13.6. The third-order valence-electron chi connectivity index (χ3n) is 4.18. The summed E-state index contributed by atoms with van der Waals surface area (Å²) in [7, 11) is 0. The molecular formula is C21H13N3O2. The minimum Gasteiger partial charge on any atom is -0.455 e. The lowest BCUT2D eigenvalue weighted by Gasteiger charge is -2.04. The van der Waals surface area contributed by atoms with E-state index < -0.39 is 5.91 Å². The maximum atomic E-state index is 11.7. The fourth-order valence-corrected chi connectivity index (χ4v) is 2.97. The standard InChI is InChI=1S/C21H13N3O2/c22-10-13-4-3-5-14(8-13)18-12-24-11-15-9-19(26-20(15)18)16-6-1-2-7-17(16)21(23)25/h1-9,11-12H,(H2,23,25). The van der Waals surface area contributed by atoms with E-state index in [4.69, 9.17) is 15.4 Å². The molecule has 26 heavy (non-hydrogen) atoms. The van der Waals surface area contributed by atoms with Crippen LogP contribution >= 0.6 is 0 Å². The van der Waals surface area contributed by atoms with Gasteiger partial charge in [-0.25, -0.2) is 0 Å². The Balaban J connectivity index is 1.92. The molecule has 2 N–H and O–H groups in total. The quantitative estimate of drug-likeness (QED) is 0.607. The van der Waals surface area contributed by atoms with Crippen molar-refractivity contribution >= 4 is 16.9 Å². The summed E-state index contributed by atoms with van der Waals surface area (Å²) >= 11 is 0. The molecule has 0 fully saturated rings. The Labute approximate surface area is 149 Å². The third kappa shape index (κ3) is 2.60. The molecular weight excluding hydrogens is 326 g/mol. The molecule has 0 saturated carbocycles. The zero-order chi connectivity index (χ0) is 18.1. The molecule has 0 aliphatic heterocycles. The van der Waals surface area contributed by atoms with Crippen LogP contribution in [0, 0.1) is 11.3 Å². The summed E-state index contributed by atoms with van der Waals surface area (Å²) < 4.78 is 6.07.